The van der Waals surface area contributed by atoms with Crippen molar-refractivity contribution < 1.29 is 0 Å². The van der Waals surface area contributed by atoms with Gasteiger partial charge in [-0.3, -0.25) is 0 Å². The van der Waals surface area contributed by atoms with E-state index in [1.54, 1.807) is 4.68 Å². The molecular weight excluding hydrogens is 304 g/mol. The maximum absolute atomic E-state index is 4.12. The number of rotatable bonds is 2. The second-order valence-electron chi connectivity index (χ2n) is 4.16. The van der Waals surface area contributed by atoms with E-state index in [9.17, 15) is 0 Å². The Labute approximate surface area is 119 Å². The summed E-state index contributed by atoms with van der Waals surface area (Å²) >= 11 is 3.53. The minimum absolute atomic E-state index is 0.738. The molecule has 0 atom stereocenters. The van der Waals surface area contributed by atoms with E-state index in [4.69, 9.17) is 0 Å². The third-order valence-corrected chi connectivity index (χ3v) is 3.83. The maximum atomic E-state index is 4.12. The first-order valence-corrected chi connectivity index (χ1v) is 6.66. The van der Waals surface area contributed by atoms with Crippen LogP contribution in [0.1, 0.15) is 5.56 Å². The van der Waals surface area contributed by atoms with Crippen molar-refractivity contribution in [3.63, 3.8) is 0 Å². The standard InChI is InChI=1S/C14H11BrN4/c1-10-12(15)8-5-9-13(10)19-14(16-17-18-19)11-6-3-2-4-7-11/h2-9H,1H3. The third kappa shape index (κ3) is 2.17. The summed E-state index contributed by atoms with van der Waals surface area (Å²) in [5.41, 5.74) is 3.07. The number of tetrazole rings is 1. The molecule has 0 saturated carbocycles. The van der Waals surface area contributed by atoms with Gasteiger partial charge in [0.2, 0.25) is 0 Å². The molecule has 0 unspecified atom stereocenters. The zero-order chi connectivity index (χ0) is 13.2. The Kier molecular flexibility index (Phi) is 3.13. The summed E-state index contributed by atoms with van der Waals surface area (Å²) in [5.74, 6) is 0.738. The monoisotopic (exact) mass is 314 g/mol. The van der Waals surface area contributed by atoms with E-state index in [2.05, 4.69) is 31.5 Å². The van der Waals surface area contributed by atoms with Gasteiger partial charge in [0.1, 0.15) is 0 Å². The summed E-state index contributed by atoms with van der Waals surface area (Å²) < 4.78 is 2.80. The van der Waals surface area contributed by atoms with Gasteiger partial charge in [0.25, 0.3) is 0 Å². The lowest BCUT2D eigenvalue weighted by molar-refractivity contribution is 0.787. The Bertz CT molecular complexity index is 706. The molecule has 0 aliphatic rings. The molecule has 0 spiro atoms. The van der Waals surface area contributed by atoms with Gasteiger partial charge in [-0.25, -0.2) is 0 Å². The lowest BCUT2D eigenvalue weighted by atomic mass is 10.2. The summed E-state index contributed by atoms with van der Waals surface area (Å²) in [6.07, 6.45) is 0. The van der Waals surface area contributed by atoms with Crippen LogP contribution in [0, 0.1) is 6.92 Å². The largest absolute Gasteiger partial charge is 0.192 e. The number of hydrogen-bond acceptors (Lipinski definition) is 3. The smallest absolute Gasteiger partial charge is 0.187 e. The van der Waals surface area contributed by atoms with Crippen LogP contribution in [-0.2, 0) is 0 Å². The van der Waals surface area contributed by atoms with Gasteiger partial charge in [0.05, 0.1) is 5.69 Å². The minimum atomic E-state index is 0.738. The zero-order valence-corrected chi connectivity index (χ0v) is 11.9. The molecule has 1 aromatic heterocycles. The molecule has 5 heteroatoms. The molecule has 1 heterocycles. The van der Waals surface area contributed by atoms with Crippen LogP contribution in [0.25, 0.3) is 17.1 Å². The van der Waals surface area contributed by atoms with Gasteiger partial charge in [-0.1, -0.05) is 52.3 Å². The first-order valence-electron chi connectivity index (χ1n) is 5.86. The van der Waals surface area contributed by atoms with Crippen molar-refractivity contribution >= 4 is 15.9 Å². The summed E-state index contributed by atoms with van der Waals surface area (Å²) in [7, 11) is 0. The average molecular weight is 315 g/mol. The zero-order valence-electron chi connectivity index (χ0n) is 10.3. The molecule has 0 fully saturated rings. The Balaban J connectivity index is 2.18. The van der Waals surface area contributed by atoms with Crippen LogP contribution >= 0.6 is 15.9 Å². The van der Waals surface area contributed by atoms with Crippen LogP contribution in [0.4, 0.5) is 0 Å². The second-order valence-corrected chi connectivity index (χ2v) is 5.02. The van der Waals surface area contributed by atoms with Crippen LogP contribution in [0.5, 0.6) is 0 Å². The van der Waals surface area contributed by atoms with Crippen molar-refractivity contribution in [2.75, 3.05) is 0 Å². The normalized spacial score (nSPS) is 10.6. The molecule has 3 rings (SSSR count). The van der Waals surface area contributed by atoms with Gasteiger partial charge >= 0.3 is 0 Å². The minimum Gasteiger partial charge on any atom is -0.192 e. The fraction of sp³-hybridized carbons (Fsp3) is 0.0714. The Morgan fingerprint density at radius 1 is 1.00 bits per heavy atom. The first kappa shape index (κ1) is 12.0. The molecule has 0 aliphatic heterocycles. The topological polar surface area (TPSA) is 43.6 Å². The van der Waals surface area contributed by atoms with Crippen molar-refractivity contribution in [3.8, 4) is 17.1 Å². The van der Waals surface area contributed by atoms with Gasteiger partial charge in [0.15, 0.2) is 5.82 Å². The van der Waals surface area contributed by atoms with E-state index in [-0.39, 0.29) is 0 Å². The maximum Gasteiger partial charge on any atom is 0.187 e. The number of nitrogens with zero attached hydrogens (tertiary/aromatic N) is 4. The van der Waals surface area contributed by atoms with Crippen molar-refractivity contribution in [2.24, 2.45) is 0 Å². The highest BCUT2D eigenvalue weighted by Gasteiger charge is 2.12. The molecule has 4 nitrogen and oxygen atoms in total. The Morgan fingerprint density at radius 3 is 2.58 bits per heavy atom. The highest BCUT2D eigenvalue weighted by molar-refractivity contribution is 9.10. The molecule has 3 aromatic rings. The predicted molar refractivity (Wildman–Crippen MR) is 77.0 cm³/mol. The summed E-state index contributed by atoms with van der Waals surface area (Å²) in [4.78, 5) is 0. The highest BCUT2D eigenvalue weighted by Crippen LogP contribution is 2.25. The first-order chi connectivity index (χ1) is 9.27. The quantitative estimate of drug-likeness (QED) is 0.728. The predicted octanol–water partition coefficient (Wildman–Crippen LogP) is 3.40. The van der Waals surface area contributed by atoms with Crippen molar-refractivity contribution in [1.82, 2.24) is 20.2 Å². The fourth-order valence-electron chi connectivity index (χ4n) is 1.94. The van der Waals surface area contributed by atoms with Gasteiger partial charge in [0, 0.05) is 10.0 Å². The van der Waals surface area contributed by atoms with Crippen LogP contribution in [0.2, 0.25) is 0 Å². The highest BCUT2D eigenvalue weighted by atomic mass is 79.9. The molecule has 19 heavy (non-hydrogen) atoms. The lowest BCUT2D eigenvalue weighted by Gasteiger charge is -2.09. The van der Waals surface area contributed by atoms with Gasteiger partial charge < -0.3 is 0 Å². The second kappa shape index (κ2) is 4.93. The van der Waals surface area contributed by atoms with Crippen molar-refractivity contribution in [3.05, 3.63) is 58.6 Å². The van der Waals surface area contributed by atoms with Gasteiger partial charge in [-0.2, -0.15) is 4.68 Å². The van der Waals surface area contributed by atoms with E-state index in [0.29, 0.717) is 0 Å². The van der Waals surface area contributed by atoms with Gasteiger partial charge in [-0.05, 0) is 35.0 Å². The Hall–Kier alpha value is -2.01. The average Bonchev–Trinajstić information content (AvgIpc) is 2.92. The van der Waals surface area contributed by atoms with Crippen LogP contribution in [0.3, 0.4) is 0 Å². The Morgan fingerprint density at radius 2 is 1.79 bits per heavy atom. The summed E-state index contributed by atoms with van der Waals surface area (Å²) in [6.45, 7) is 2.04. The number of benzene rings is 2. The summed E-state index contributed by atoms with van der Waals surface area (Å²) in [6, 6.07) is 15.9. The number of aromatic nitrogens is 4. The van der Waals surface area contributed by atoms with Crippen LogP contribution < -0.4 is 0 Å². The molecule has 0 N–H and O–H groups in total. The molecule has 94 valence electrons. The van der Waals surface area contributed by atoms with E-state index in [0.717, 1.165) is 27.1 Å². The molecule has 2 aromatic carbocycles. The van der Waals surface area contributed by atoms with E-state index >= 15 is 0 Å². The van der Waals surface area contributed by atoms with Crippen LogP contribution in [-0.4, -0.2) is 20.2 Å². The SMILES string of the molecule is Cc1c(Br)cccc1-n1nnnc1-c1ccccc1. The van der Waals surface area contributed by atoms with Crippen LogP contribution in [0.15, 0.2) is 53.0 Å². The lowest BCUT2D eigenvalue weighted by Crippen LogP contribution is -2.02. The molecular formula is C14H11BrN4. The fourth-order valence-corrected chi connectivity index (χ4v) is 2.30. The third-order valence-electron chi connectivity index (χ3n) is 2.97. The molecule has 0 bridgehead atoms. The van der Waals surface area contributed by atoms with E-state index in [1.165, 1.54) is 0 Å². The van der Waals surface area contributed by atoms with Crippen molar-refractivity contribution in [1.29, 1.82) is 0 Å². The molecule has 0 saturated heterocycles. The molecule has 0 aliphatic carbocycles. The van der Waals surface area contributed by atoms with E-state index < -0.39 is 0 Å². The number of hydrogen-bond donors (Lipinski definition) is 0. The van der Waals surface area contributed by atoms with Crippen molar-refractivity contribution in [2.45, 2.75) is 6.92 Å². The van der Waals surface area contributed by atoms with Gasteiger partial charge in [-0.15, -0.1) is 5.10 Å². The molecule has 0 amide bonds. The van der Waals surface area contributed by atoms with E-state index in [1.807, 2.05) is 55.5 Å². The summed E-state index contributed by atoms with van der Waals surface area (Å²) in [5, 5.41) is 12.0. The number of halogens is 1. The molecule has 0 radical (unpaired) electrons.